The fourth-order valence-corrected chi connectivity index (χ4v) is 2.13. The summed E-state index contributed by atoms with van der Waals surface area (Å²) >= 11 is 1.28. The minimum Gasteiger partial charge on any atom is -0.478 e. The third-order valence-corrected chi connectivity index (χ3v) is 3.01. The maximum absolute atomic E-state index is 10.9. The first-order valence-corrected chi connectivity index (χ1v) is 5.62. The smallest absolute Gasteiger partial charge is 0.335 e. The van der Waals surface area contributed by atoms with E-state index in [2.05, 4.69) is 15.1 Å². The number of carboxylic acid groups (broad SMARTS) is 1. The van der Waals surface area contributed by atoms with E-state index < -0.39 is 5.97 Å². The van der Waals surface area contributed by atoms with Crippen molar-refractivity contribution in [3.05, 3.63) is 29.7 Å². The second kappa shape index (κ2) is 4.54. The minimum atomic E-state index is -0.963. The van der Waals surface area contributed by atoms with Gasteiger partial charge in [0, 0.05) is 12.7 Å². The Morgan fingerprint density at radius 3 is 2.82 bits per heavy atom. The topological polar surface area (TPSA) is 80.9 Å². The van der Waals surface area contributed by atoms with Gasteiger partial charge < -0.3 is 5.11 Å². The Morgan fingerprint density at radius 1 is 1.47 bits per heavy atom. The van der Waals surface area contributed by atoms with Gasteiger partial charge in [-0.2, -0.15) is 5.10 Å². The zero-order chi connectivity index (χ0) is 12.4. The molecular formula is C10H10N4O2S. The monoisotopic (exact) mass is 250 g/mol. The average Bonchev–Trinajstić information content (AvgIpc) is 2.63. The van der Waals surface area contributed by atoms with E-state index in [1.807, 2.05) is 0 Å². The number of nitrogens with zero attached hydrogens (tertiary/aromatic N) is 4. The molecule has 2 heterocycles. The van der Waals surface area contributed by atoms with Gasteiger partial charge in [-0.25, -0.2) is 19.4 Å². The molecule has 1 N–H and O–H groups in total. The molecule has 0 atom stereocenters. The third-order valence-electron chi connectivity index (χ3n) is 2.04. The molecule has 0 radical (unpaired) electrons. The van der Waals surface area contributed by atoms with E-state index in [-0.39, 0.29) is 5.56 Å². The molecule has 2 aromatic rings. The fraction of sp³-hybridized carbons (Fsp3) is 0.200. The number of aromatic carboxylic acids is 1. The van der Waals surface area contributed by atoms with Crippen molar-refractivity contribution in [1.82, 2.24) is 19.7 Å². The molecule has 88 valence electrons. The maximum atomic E-state index is 10.9. The first kappa shape index (κ1) is 11.6. The van der Waals surface area contributed by atoms with Gasteiger partial charge in [-0.05, 0) is 30.8 Å². The number of hydrogen-bond donors (Lipinski definition) is 1. The van der Waals surface area contributed by atoms with Gasteiger partial charge in [0.2, 0.25) is 0 Å². The minimum absolute atomic E-state index is 0.224. The molecule has 0 spiro atoms. The van der Waals surface area contributed by atoms with Crippen molar-refractivity contribution in [1.29, 1.82) is 0 Å². The van der Waals surface area contributed by atoms with Gasteiger partial charge in [-0.15, -0.1) is 0 Å². The summed E-state index contributed by atoms with van der Waals surface area (Å²) in [7, 11) is 1.77. The Bertz CT molecular complexity index is 567. The highest BCUT2D eigenvalue weighted by molar-refractivity contribution is 7.99. The van der Waals surface area contributed by atoms with E-state index in [4.69, 9.17) is 5.11 Å². The standard InChI is InChI=1S/C10H10N4O2S/c1-6-3-7(9(15)16)4-8(13-6)17-10-11-5-12-14(10)2/h3-5H,1-2H3,(H,15,16). The predicted molar refractivity (Wildman–Crippen MR) is 61.1 cm³/mol. The summed E-state index contributed by atoms with van der Waals surface area (Å²) in [6.07, 6.45) is 1.44. The Morgan fingerprint density at radius 2 is 2.24 bits per heavy atom. The van der Waals surface area contributed by atoms with Gasteiger partial charge >= 0.3 is 5.97 Å². The van der Waals surface area contributed by atoms with Crippen LogP contribution in [0.3, 0.4) is 0 Å². The fourth-order valence-electron chi connectivity index (χ4n) is 1.29. The molecule has 6 nitrogen and oxygen atoms in total. The Labute approximate surface area is 102 Å². The molecule has 0 aromatic carbocycles. The van der Waals surface area contributed by atoms with Crippen LogP contribution < -0.4 is 0 Å². The van der Waals surface area contributed by atoms with Crippen LogP contribution in [0.25, 0.3) is 0 Å². The molecule has 0 saturated heterocycles. The van der Waals surface area contributed by atoms with Crippen molar-refractivity contribution in [2.75, 3.05) is 0 Å². The van der Waals surface area contributed by atoms with Gasteiger partial charge in [0.25, 0.3) is 0 Å². The van der Waals surface area contributed by atoms with Gasteiger partial charge in [0.1, 0.15) is 11.4 Å². The Balaban J connectivity index is 2.33. The lowest BCUT2D eigenvalue weighted by Gasteiger charge is -2.03. The quantitative estimate of drug-likeness (QED) is 0.886. The van der Waals surface area contributed by atoms with Crippen molar-refractivity contribution in [2.45, 2.75) is 17.1 Å². The van der Waals surface area contributed by atoms with E-state index >= 15 is 0 Å². The second-order valence-corrected chi connectivity index (χ2v) is 4.40. The normalized spacial score (nSPS) is 10.5. The van der Waals surface area contributed by atoms with E-state index in [1.54, 1.807) is 18.7 Å². The number of rotatable bonds is 3. The average molecular weight is 250 g/mol. The Kier molecular flexibility index (Phi) is 3.10. The van der Waals surface area contributed by atoms with Gasteiger partial charge in [0.05, 0.1) is 5.56 Å². The van der Waals surface area contributed by atoms with Gasteiger partial charge in [-0.3, -0.25) is 0 Å². The van der Waals surface area contributed by atoms with Crippen molar-refractivity contribution >= 4 is 17.7 Å². The van der Waals surface area contributed by atoms with Crippen LogP contribution in [-0.4, -0.2) is 30.8 Å². The zero-order valence-electron chi connectivity index (χ0n) is 9.28. The first-order chi connectivity index (χ1) is 8.06. The number of aromatic nitrogens is 4. The summed E-state index contributed by atoms with van der Waals surface area (Å²) in [4.78, 5) is 19.2. The van der Waals surface area contributed by atoms with Crippen molar-refractivity contribution in [2.24, 2.45) is 7.05 Å². The van der Waals surface area contributed by atoms with Crippen LogP contribution in [0.4, 0.5) is 0 Å². The molecule has 0 amide bonds. The van der Waals surface area contributed by atoms with Crippen LogP contribution in [0.15, 0.2) is 28.6 Å². The molecule has 2 aromatic heterocycles. The van der Waals surface area contributed by atoms with E-state index in [0.717, 1.165) is 0 Å². The van der Waals surface area contributed by atoms with Crippen LogP contribution in [0, 0.1) is 6.92 Å². The number of pyridine rings is 1. The second-order valence-electron chi connectivity index (χ2n) is 3.41. The number of carbonyl (C=O) groups is 1. The highest BCUT2D eigenvalue weighted by atomic mass is 32.2. The number of hydrogen-bond acceptors (Lipinski definition) is 5. The molecule has 0 aliphatic heterocycles. The van der Waals surface area contributed by atoms with Crippen LogP contribution in [0.1, 0.15) is 16.1 Å². The highest BCUT2D eigenvalue weighted by Crippen LogP contribution is 2.24. The highest BCUT2D eigenvalue weighted by Gasteiger charge is 2.10. The van der Waals surface area contributed by atoms with E-state index in [1.165, 1.54) is 30.2 Å². The SMILES string of the molecule is Cc1cc(C(=O)O)cc(Sc2ncnn2C)n1. The van der Waals surface area contributed by atoms with Gasteiger partial charge in [-0.1, -0.05) is 0 Å². The summed E-state index contributed by atoms with van der Waals surface area (Å²) in [5.74, 6) is -0.963. The molecular weight excluding hydrogens is 240 g/mol. The molecule has 0 aliphatic carbocycles. The van der Waals surface area contributed by atoms with Crippen LogP contribution >= 0.6 is 11.8 Å². The van der Waals surface area contributed by atoms with Crippen molar-refractivity contribution in [3.8, 4) is 0 Å². The van der Waals surface area contributed by atoms with Crippen LogP contribution in [0.2, 0.25) is 0 Å². The van der Waals surface area contributed by atoms with Gasteiger partial charge in [0.15, 0.2) is 5.16 Å². The Hall–Kier alpha value is -1.89. The predicted octanol–water partition coefficient (Wildman–Crippen LogP) is 1.37. The van der Waals surface area contributed by atoms with Crippen molar-refractivity contribution in [3.63, 3.8) is 0 Å². The summed E-state index contributed by atoms with van der Waals surface area (Å²) in [5.41, 5.74) is 0.886. The summed E-state index contributed by atoms with van der Waals surface area (Å²) in [5, 5.41) is 14.1. The maximum Gasteiger partial charge on any atom is 0.335 e. The largest absolute Gasteiger partial charge is 0.478 e. The molecule has 0 saturated carbocycles. The molecule has 7 heteroatoms. The van der Waals surface area contributed by atoms with E-state index in [0.29, 0.717) is 15.9 Å². The molecule has 0 fully saturated rings. The lowest BCUT2D eigenvalue weighted by molar-refractivity contribution is 0.0696. The lowest BCUT2D eigenvalue weighted by atomic mass is 10.2. The molecule has 0 unspecified atom stereocenters. The lowest BCUT2D eigenvalue weighted by Crippen LogP contribution is -2.00. The summed E-state index contributed by atoms with van der Waals surface area (Å²) in [6, 6.07) is 3.05. The number of carboxylic acids is 1. The third kappa shape index (κ3) is 2.62. The van der Waals surface area contributed by atoms with Crippen LogP contribution in [0.5, 0.6) is 0 Å². The van der Waals surface area contributed by atoms with Crippen LogP contribution in [-0.2, 0) is 7.05 Å². The molecule has 0 aliphatic rings. The summed E-state index contributed by atoms with van der Waals surface area (Å²) in [6.45, 7) is 1.76. The molecule has 17 heavy (non-hydrogen) atoms. The number of aryl methyl sites for hydroxylation is 2. The molecule has 2 rings (SSSR count). The zero-order valence-corrected chi connectivity index (χ0v) is 10.1. The van der Waals surface area contributed by atoms with E-state index in [9.17, 15) is 4.79 Å². The summed E-state index contributed by atoms with van der Waals surface area (Å²) < 4.78 is 1.61. The first-order valence-electron chi connectivity index (χ1n) is 4.80. The molecule has 0 bridgehead atoms. The van der Waals surface area contributed by atoms with Crippen molar-refractivity contribution < 1.29 is 9.90 Å².